The van der Waals surface area contributed by atoms with Crippen LogP contribution in [-0.2, 0) is 25.9 Å². The van der Waals surface area contributed by atoms with Crippen molar-refractivity contribution in [2.45, 2.75) is 69.7 Å². The van der Waals surface area contributed by atoms with Gasteiger partial charge in [-0.3, -0.25) is 9.48 Å². The van der Waals surface area contributed by atoms with Crippen molar-refractivity contribution in [3.63, 3.8) is 0 Å². The van der Waals surface area contributed by atoms with E-state index in [4.69, 9.17) is 4.98 Å². The van der Waals surface area contributed by atoms with Crippen molar-refractivity contribution in [3.8, 4) is 11.1 Å². The number of piperidine rings is 1. The Morgan fingerprint density at radius 1 is 0.925 bits per heavy atom. The normalized spacial score (nSPS) is 18.5. The Kier molecular flexibility index (Phi) is 10.5. The SMILES string of the molecule is CCC1C[C@H](N(Cc2cc(C(F)(F)F)cc(C(F)(F)F)c2)c2ncc(-c3cnn(C)c3)cn2)CN1c1nc(N2CCC(O)CC2)ncc1C(=O)N(C)C. The summed E-state index contributed by atoms with van der Waals surface area (Å²) in [4.78, 5) is 38.8. The first-order valence-electron chi connectivity index (χ1n) is 17.2. The van der Waals surface area contributed by atoms with Crippen molar-refractivity contribution in [2.24, 2.45) is 7.05 Å². The Morgan fingerprint density at radius 2 is 1.57 bits per heavy atom. The second-order valence-electron chi connectivity index (χ2n) is 13.6. The number of aliphatic hydroxyl groups excluding tert-OH is 1. The van der Waals surface area contributed by atoms with Crippen LogP contribution in [0.2, 0.25) is 0 Å². The monoisotopic (exact) mass is 746 g/mol. The number of alkyl halides is 6. The number of aromatic nitrogens is 6. The van der Waals surface area contributed by atoms with Gasteiger partial charge in [-0.05, 0) is 49.4 Å². The summed E-state index contributed by atoms with van der Waals surface area (Å²) >= 11 is 0. The number of aliphatic hydroxyl groups is 1. The summed E-state index contributed by atoms with van der Waals surface area (Å²) in [6.45, 7) is 2.80. The van der Waals surface area contributed by atoms with E-state index in [9.17, 15) is 36.2 Å². The number of hydrogen-bond donors (Lipinski definition) is 1. The fourth-order valence-electron chi connectivity index (χ4n) is 6.82. The number of hydrogen-bond acceptors (Lipinski definition) is 10. The van der Waals surface area contributed by atoms with E-state index in [1.807, 2.05) is 16.7 Å². The molecule has 284 valence electrons. The second-order valence-corrected chi connectivity index (χ2v) is 13.6. The fourth-order valence-corrected chi connectivity index (χ4v) is 6.82. The molecule has 1 N–H and O–H groups in total. The molecule has 0 radical (unpaired) electrons. The van der Waals surface area contributed by atoms with Gasteiger partial charge in [0, 0.05) is 89.3 Å². The van der Waals surface area contributed by atoms with E-state index in [1.165, 1.54) is 23.5 Å². The van der Waals surface area contributed by atoms with Gasteiger partial charge < -0.3 is 24.7 Å². The minimum absolute atomic E-state index is 0.102. The van der Waals surface area contributed by atoms with E-state index in [0.717, 1.165) is 17.7 Å². The molecule has 3 aromatic heterocycles. The third kappa shape index (κ3) is 8.31. The van der Waals surface area contributed by atoms with Crippen molar-refractivity contribution >= 4 is 23.6 Å². The maximum absolute atomic E-state index is 13.9. The molecule has 4 aromatic rings. The zero-order valence-electron chi connectivity index (χ0n) is 29.6. The molecular formula is C35H40F6N10O2. The van der Waals surface area contributed by atoms with E-state index >= 15 is 0 Å². The molecule has 0 aliphatic carbocycles. The number of anilines is 3. The highest BCUT2D eigenvalue weighted by Gasteiger charge is 2.41. The Balaban J connectivity index is 1.41. The van der Waals surface area contributed by atoms with E-state index in [0.29, 0.717) is 56.1 Å². The van der Waals surface area contributed by atoms with E-state index < -0.39 is 35.6 Å². The summed E-state index contributed by atoms with van der Waals surface area (Å²) in [6, 6.07) is 0.784. The van der Waals surface area contributed by atoms with Crippen molar-refractivity contribution in [1.82, 2.24) is 34.6 Å². The van der Waals surface area contributed by atoms with Crippen molar-refractivity contribution in [1.29, 1.82) is 0 Å². The number of amides is 1. The highest BCUT2D eigenvalue weighted by Crippen LogP contribution is 2.39. The van der Waals surface area contributed by atoms with Crippen LogP contribution in [0.1, 0.15) is 59.7 Å². The van der Waals surface area contributed by atoms with Gasteiger partial charge in [-0.15, -0.1) is 0 Å². The van der Waals surface area contributed by atoms with Gasteiger partial charge in [-0.2, -0.15) is 36.4 Å². The molecule has 1 aromatic carbocycles. The summed E-state index contributed by atoms with van der Waals surface area (Å²) in [6.07, 6.45) is -0.518. The molecule has 2 fully saturated rings. The quantitative estimate of drug-likeness (QED) is 0.222. The zero-order chi connectivity index (χ0) is 38.2. The highest BCUT2D eigenvalue weighted by atomic mass is 19.4. The van der Waals surface area contributed by atoms with Crippen LogP contribution in [-0.4, -0.2) is 97.5 Å². The molecule has 0 saturated carbocycles. The smallest absolute Gasteiger partial charge is 0.393 e. The van der Waals surface area contributed by atoms with Crippen LogP contribution < -0.4 is 14.7 Å². The summed E-state index contributed by atoms with van der Waals surface area (Å²) in [5.41, 5.74) is -1.48. The lowest BCUT2D eigenvalue weighted by Gasteiger charge is -2.32. The minimum atomic E-state index is -5.02. The topological polar surface area (TPSA) is 120 Å². The summed E-state index contributed by atoms with van der Waals surface area (Å²) < 4.78 is 85.1. The number of carbonyl (C=O) groups is 1. The molecule has 2 atom stereocenters. The van der Waals surface area contributed by atoms with E-state index in [-0.39, 0.29) is 48.2 Å². The largest absolute Gasteiger partial charge is 0.416 e. The standard InChI is InChI=1S/C35H40F6N10O2/c1-5-26-13-27(20-50(26)30-29(31(53)47(2)3)17-44-33(46-30)49-8-6-28(52)7-9-49)51(32-42-14-22(15-43-32)23-16-45-48(4)19-23)18-21-10-24(34(36,37)38)12-25(11-21)35(39,40)41/h10-12,14-17,19,26-28,52H,5-9,13,18,20H2,1-4H3/t26?,27-/m0/s1. The zero-order valence-corrected chi connectivity index (χ0v) is 29.6. The molecule has 0 bridgehead atoms. The van der Waals surface area contributed by atoms with Gasteiger partial charge in [0.25, 0.3) is 5.91 Å². The lowest BCUT2D eigenvalue weighted by Crippen LogP contribution is -2.40. The highest BCUT2D eigenvalue weighted by molar-refractivity contribution is 5.98. The number of rotatable bonds is 9. The van der Waals surface area contributed by atoms with E-state index in [2.05, 4.69) is 20.1 Å². The van der Waals surface area contributed by atoms with E-state index in [1.54, 1.807) is 43.1 Å². The Hall–Kier alpha value is -5.00. The summed E-state index contributed by atoms with van der Waals surface area (Å²) in [5.74, 6) is 0.509. The Bertz CT molecular complexity index is 1880. The van der Waals surface area contributed by atoms with Gasteiger partial charge in [0.15, 0.2) is 0 Å². The summed E-state index contributed by atoms with van der Waals surface area (Å²) in [7, 11) is 4.96. The molecular weight excluding hydrogens is 706 g/mol. The third-order valence-electron chi connectivity index (χ3n) is 9.65. The van der Waals surface area contributed by atoms with Crippen LogP contribution in [0.3, 0.4) is 0 Å². The first kappa shape index (κ1) is 37.7. The molecule has 2 aliphatic rings. The molecule has 53 heavy (non-hydrogen) atoms. The van der Waals surface area contributed by atoms with Crippen molar-refractivity contribution < 1.29 is 36.2 Å². The van der Waals surface area contributed by atoms with Gasteiger partial charge >= 0.3 is 12.4 Å². The average Bonchev–Trinajstić information content (AvgIpc) is 3.76. The fraction of sp³-hybridized carbons (Fsp3) is 0.486. The number of halogens is 6. The number of nitrogens with zero attached hydrogens (tertiary/aromatic N) is 10. The molecule has 1 amide bonds. The maximum Gasteiger partial charge on any atom is 0.416 e. The van der Waals surface area contributed by atoms with Crippen LogP contribution in [0.5, 0.6) is 0 Å². The lowest BCUT2D eigenvalue weighted by molar-refractivity contribution is -0.143. The molecule has 0 spiro atoms. The first-order chi connectivity index (χ1) is 25.0. The van der Waals surface area contributed by atoms with Crippen LogP contribution in [0.25, 0.3) is 11.1 Å². The number of carbonyl (C=O) groups excluding carboxylic acids is 1. The molecule has 2 saturated heterocycles. The van der Waals surface area contributed by atoms with Gasteiger partial charge in [0.1, 0.15) is 11.4 Å². The van der Waals surface area contributed by atoms with Crippen LogP contribution in [0, 0.1) is 0 Å². The van der Waals surface area contributed by atoms with Crippen LogP contribution in [0.15, 0.2) is 49.2 Å². The Labute approximate surface area is 302 Å². The predicted octanol–water partition coefficient (Wildman–Crippen LogP) is 5.43. The third-order valence-corrected chi connectivity index (χ3v) is 9.65. The second kappa shape index (κ2) is 14.8. The predicted molar refractivity (Wildman–Crippen MR) is 184 cm³/mol. The molecule has 2 aliphatic heterocycles. The minimum Gasteiger partial charge on any atom is -0.393 e. The van der Waals surface area contributed by atoms with Crippen LogP contribution >= 0.6 is 0 Å². The molecule has 18 heteroatoms. The average molecular weight is 747 g/mol. The van der Waals surface area contributed by atoms with Gasteiger partial charge in [-0.1, -0.05) is 6.92 Å². The van der Waals surface area contributed by atoms with Crippen molar-refractivity contribution in [3.05, 3.63) is 71.4 Å². The number of benzene rings is 1. The van der Waals surface area contributed by atoms with Gasteiger partial charge in [0.2, 0.25) is 11.9 Å². The van der Waals surface area contributed by atoms with Gasteiger partial charge in [-0.25, -0.2) is 15.0 Å². The lowest BCUT2D eigenvalue weighted by atomic mass is 10.0. The van der Waals surface area contributed by atoms with Gasteiger partial charge in [0.05, 0.1) is 29.5 Å². The van der Waals surface area contributed by atoms with Crippen molar-refractivity contribution in [2.75, 3.05) is 48.4 Å². The molecule has 5 heterocycles. The maximum atomic E-state index is 13.9. The molecule has 1 unspecified atom stereocenters. The molecule has 6 rings (SSSR count). The molecule has 12 nitrogen and oxygen atoms in total. The summed E-state index contributed by atoms with van der Waals surface area (Å²) in [5, 5.41) is 14.2. The van der Waals surface area contributed by atoms with Crippen LogP contribution in [0.4, 0.5) is 44.1 Å². The number of aryl methyl sites for hydroxylation is 1. The first-order valence-corrected chi connectivity index (χ1v) is 17.2. The Morgan fingerprint density at radius 3 is 2.11 bits per heavy atom.